The van der Waals surface area contributed by atoms with Crippen LogP contribution in [-0.2, 0) is 6.42 Å². The maximum atomic E-state index is 13.0. The van der Waals surface area contributed by atoms with Gasteiger partial charge in [0.1, 0.15) is 10.8 Å². The topological polar surface area (TPSA) is 38.0 Å². The Hall–Kier alpha value is -1.46. The highest BCUT2D eigenvalue weighted by Gasteiger charge is 2.03. The number of nitrogens with two attached hydrogens (primary N) is 1. The molecule has 0 saturated carbocycles. The van der Waals surface area contributed by atoms with Crippen LogP contribution in [0, 0.1) is 5.82 Å². The van der Waals surface area contributed by atoms with Crippen molar-refractivity contribution in [1.82, 2.24) is 0 Å². The van der Waals surface area contributed by atoms with Gasteiger partial charge in [0, 0.05) is 22.3 Å². The summed E-state index contributed by atoms with van der Waals surface area (Å²) in [5, 5.41) is 3.28. The van der Waals surface area contributed by atoms with E-state index in [1.165, 1.54) is 6.07 Å². The van der Waals surface area contributed by atoms with Crippen LogP contribution >= 0.6 is 28.1 Å². The first-order valence-corrected chi connectivity index (χ1v) is 7.34. The number of hydrogen-bond donors (Lipinski definition) is 2. The molecule has 2 aromatic rings. The number of rotatable bonds is 5. The van der Waals surface area contributed by atoms with E-state index in [0.717, 1.165) is 34.3 Å². The molecule has 20 heavy (non-hydrogen) atoms. The van der Waals surface area contributed by atoms with Gasteiger partial charge in [0.05, 0.1) is 0 Å². The Morgan fingerprint density at radius 1 is 1.25 bits per heavy atom. The second kappa shape index (κ2) is 6.81. The minimum absolute atomic E-state index is 0.203. The molecule has 2 rings (SSSR count). The second-order valence-electron chi connectivity index (χ2n) is 4.37. The molecule has 0 aliphatic rings. The van der Waals surface area contributed by atoms with Gasteiger partial charge in [0.25, 0.3) is 0 Å². The molecule has 2 nitrogen and oxygen atoms in total. The summed E-state index contributed by atoms with van der Waals surface area (Å²) in [5.74, 6) is -0.203. The predicted octanol–water partition coefficient (Wildman–Crippen LogP) is 3.88. The number of hydrogen-bond acceptors (Lipinski definition) is 2. The van der Waals surface area contributed by atoms with Crippen LogP contribution in [0.1, 0.15) is 11.1 Å². The third kappa shape index (κ3) is 4.02. The van der Waals surface area contributed by atoms with Crippen LogP contribution in [0.25, 0.3) is 0 Å². The zero-order chi connectivity index (χ0) is 14.5. The van der Waals surface area contributed by atoms with E-state index < -0.39 is 0 Å². The van der Waals surface area contributed by atoms with Crippen molar-refractivity contribution in [3.8, 4) is 0 Å². The molecule has 0 heterocycles. The molecule has 3 N–H and O–H groups in total. The molecule has 0 saturated heterocycles. The van der Waals surface area contributed by atoms with Crippen molar-refractivity contribution in [1.29, 1.82) is 0 Å². The summed E-state index contributed by atoms with van der Waals surface area (Å²) in [6, 6.07) is 12.4. The Morgan fingerprint density at radius 2 is 2.05 bits per heavy atom. The van der Waals surface area contributed by atoms with Crippen LogP contribution in [0.3, 0.4) is 0 Å². The molecule has 0 radical (unpaired) electrons. The summed E-state index contributed by atoms with van der Waals surface area (Å²) >= 11 is 8.39. The van der Waals surface area contributed by atoms with E-state index in [0.29, 0.717) is 4.99 Å². The number of nitrogens with one attached hydrogen (secondary N) is 1. The second-order valence-corrected chi connectivity index (χ2v) is 5.66. The lowest BCUT2D eigenvalue weighted by Crippen LogP contribution is -2.11. The lowest BCUT2D eigenvalue weighted by atomic mass is 10.1. The molecule has 0 amide bonds. The maximum absolute atomic E-state index is 13.0. The van der Waals surface area contributed by atoms with Crippen molar-refractivity contribution in [3.63, 3.8) is 0 Å². The normalized spacial score (nSPS) is 10.3. The van der Waals surface area contributed by atoms with Crippen molar-refractivity contribution < 1.29 is 4.39 Å². The molecule has 0 aromatic heterocycles. The molecule has 0 atom stereocenters. The summed E-state index contributed by atoms with van der Waals surface area (Å²) in [6.07, 6.45) is 0.756. The molecule has 0 spiro atoms. The molecule has 5 heteroatoms. The van der Waals surface area contributed by atoms with Gasteiger partial charge in [-0.3, -0.25) is 0 Å². The van der Waals surface area contributed by atoms with Crippen LogP contribution in [0.15, 0.2) is 46.9 Å². The van der Waals surface area contributed by atoms with Crippen molar-refractivity contribution in [2.45, 2.75) is 6.42 Å². The molecule has 0 unspecified atom stereocenters. The van der Waals surface area contributed by atoms with E-state index in [9.17, 15) is 4.39 Å². The lowest BCUT2D eigenvalue weighted by molar-refractivity contribution is 0.625. The van der Waals surface area contributed by atoms with Crippen LogP contribution in [0.2, 0.25) is 0 Å². The Kier molecular flexibility index (Phi) is 5.09. The van der Waals surface area contributed by atoms with Gasteiger partial charge in [-0.25, -0.2) is 4.39 Å². The minimum atomic E-state index is -0.203. The van der Waals surface area contributed by atoms with Crippen LogP contribution in [0.5, 0.6) is 0 Å². The highest BCUT2D eigenvalue weighted by Crippen LogP contribution is 2.21. The average Bonchev–Trinajstić information content (AvgIpc) is 2.38. The zero-order valence-corrected chi connectivity index (χ0v) is 13.1. The fourth-order valence-electron chi connectivity index (χ4n) is 1.87. The lowest BCUT2D eigenvalue weighted by Gasteiger charge is -2.09. The van der Waals surface area contributed by atoms with Gasteiger partial charge in [-0.1, -0.05) is 24.4 Å². The van der Waals surface area contributed by atoms with Gasteiger partial charge in [0.2, 0.25) is 0 Å². The number of benzene rings is 2. The molecular formula is C15H14BrFN2S. The highest BCUT2D eigenvalue weighted by molar-refractivity contribution is 9.10. The van der Waals surface area contributed by atoms with Crippen LogP contribution < -0.4 is 11.1 Å². The Balaban J connectivity index is 1.94. The number of halogens is 2. The first kappa shape index (κ1) is 14.9. The van der Waals surface area contributed by atoms with Crippen molar-refractivity contribution in [2.24, 2.45) is 5.73 Å². The minimum Gasteiger partial charge on any atom is -0.389 e. The zero-order valence-electron chi connectivity index (χ0n) is 10.7. The summed E-state index contributed by atoms with van der Waals surface area (Å²) < 4.78 is 13.9. The Bertz CT molecular complexity index is 631. The third-order valence-electron chi connectivity index (χ3n) is 2.87. The van der Waals surface area contributed by atoms with E-state index in [2.05, 4.69) is 21.2 Å². The van der Waals surface area contributed by atoms with E-state index in [-0.39, 0.29) is 5.82 Å². The molecular weight excluding hydrogens is 339 g/mol. The quantitative estimate of drug-likeness (QED) is 0.802. The van der Waals surface area contributed by atoms with E-state index in [1.807, 2.05) is 24.3 Å². The summed E-state index contributed by atoms with van der Waals surface area (Å²) in [5.41, 5.74) is 8.35. The van der Waals surface area contributed by atoms with Gasteiger partial charge in [0.15, 0.2) is 0 Å². The van der Waals surface area contributed by atoms with E-state index in [4.69, 9.17) is 18.0 Å². The fourth-order valence-corrected chi connectivity index (χ4v) is 2.77. The standard InChI is InChI=1S/C15H14BrFN2S/c16-14-9-12(4-5-13(14)15(18)20)19-7-6-10-2-1-3-11(17)8-10/h1-5,8-9,19H,6-7H2,(H2,18,20). The first-order valence-electron chi connectivity index (χ1n) is 6.14. The molecule has 2 aromatic carbocycles. The fraction of sp³-hybridized carbons (Fsp3) is 0.133. The molecule has 0 aliphatic heterocycles. The Labute approximate surface area is 131 Å². The van der Waals surface area contributed by atoms with Crippen molar-refractivity contribution in [2.75, 3.05) is 11.9 Å². The third-order valence-corrected chi connectivity index (χ3v) is 3.74. The van der Waals surface area contributed by atoms with Gasteiger partial charge >= 0.3 is 0 Å². The van der Waals surface area contributed by atoms with Crippen molar-refractivity contribution in [3.05, 3.63) is 63.9 Å². The van der Waals surface area contributed by atoms with E-state index >= 15 is 0 Å². The smallest absolute Gasteiger partial charge is 0.123 e. The van der Waals surface area contributed by atoms with Gasteiger partial charge in [-0.05, 0) is 58.2 Å². The predicted molar refractivity (Wildman–Crippen MR) is 88.6 cm³/mol. The number of anilines is 1. The largest absolute Gasteiger partial charge is 0.389 e. The van der Waals surface area contributed by atoms with Gasteiger partial charge < -0.3 is 11.1 Å². The Morgan fingerprint density at radius 3 is 2.70 bits per heavy atom. The SMILES string of the molecule is NC(=S)c1ccc(NCCc2cccc(F)c2)cc1Br. The molecule has 0 fully saturated rings. The highest BCUT2D eigenvalue weighted by atomic mass is 79.9. The van der Waals surface area contributed by atoms with Gasteiger partial charge in [-0.15, -0.1) is 0 Å². The maximum Gasteiger partial charge on any atom is 0.123 e. The van der Waals surface area contributed by atoms with Gasteiger partial charge in [-0.2, -0.15) is 0 Å². The summed E-state index contributed by atoms with van der Waals surface area (Å²) in [7, 11) is 0. The average molecular weight is 353 g/mol. The monoisotopic (exact) mass is 352 g/mol. The van der Waals surface area contributed by atoms with Crippen LogP contribution in [0.4, 0.5) is 10.1 Å². The first-order chi connectivity index (χ1) is 9.56. The molecule has 0 bridgehead atoms. The summed E-state index contributed by atoms with van der Waals surface area (Å²) in [4.78, 5) is 0.364. The summed E-state index contributed by atoms with van der Waals surface area (Å²) in [6.45, 7) is 0.725. The molecule has 104 valence electrons. The van der Waals surface area contributed by atoms with E-state index in [1.54, 1.807) is 12.1 Å². The van der Waals surface area contributed by atoms with Crippen LogP contribution in [-0.4, -0.2) is 11.5 Å². The molecule has 0 aliphatic carbocycles. The number of thiocarbonyl (C=S) groups is 1. The van der Waals surface area contributed by atoms with Crippen molar-refractivity contribution >= 4 is 38.8 Å².